The van der Waals surface area contributed by atoms with E-state index in [1.165, 1.54) is 17.2 Å². The van der Waals surface area contributed by atoms with Gasteiger partial charge in [-0.3, -0.25) is 4.79 Å². The Bertz CT molecular complexity index is 630. The van der Waals surface area contributed by atoms with Gasteiger partial charge in [0.25, 0.3) is 0 Å². The molecule has 22 heavy (non-hydrogen) atoms. The fraction of sp³-hybridized carbons (Fsp3) is 0.235. The number of thioether (sulfide) groups is 1. The zero-order valence-electron chi connectivity index (χ0n) is 12.6. The van der Waals surface area contributed by atoms with Crippen LogP contribution in [0.15, 0.2) is 58.1 Å². The number of hydrogen-bond acceptors (Lipinski definition) is 4. The lowest BCUT2D eigenvalue weighted by Crippen LogP contribution is -2.37. The molecule has 1 aromatic carbocycles. The smallest absolute Gasteiger partial charge is 0.244 e. The molecule has 1 amide bonds. The Balaban J connectivity index is 1.88. The summed E-state index contributed by atoms with van der Waals surface area (Å²) in [4.78, 5) is 13.0. The molecule has 1 heterocycles. The Kier molecular flexibility index (Phi) is 5.46. The first kappa shape index (κ1) is 16.4. The molecule has 2 aromatic rings. The number of carbonyl (C=O) groups is 1. The van der Waals surface area contributed by atoms with Crippen LogP contribution in [0.3, 0.4) is 0 Å². The largest absolute Gasteiger partial charge is 0.466 e. The van der Waals surface area contributed by atoms with Crippen LogP contribution < -0.4 is 5.32 Å². The normalized spacial score (nSPS) is 14.0. The van der Waals surface area contributed by atoms with Crippen LogP contribution in [0.1, 0.15) is 18.2 Å². The average Bonchev–Trinajstić information content (AvgIpc) is 3.07. The Labute approximate surface area is 134 Å². The van der Waals surface area contributed by atoms with E-state index in [4.69, 9.17) is 4.42 Å². The maximum absolute atomic E-state index is 11.8. The van der Waals surface area contributed by atoms with Crippen molar-refractivity contribution in [3.05, 3.63) is 60.1 Å². The fourth-order valence-corrected chi connectivity index (χ4v) is 2.29. The number of aliphatic hydroxyl groups is 1. The van der Waals surface area contributed by atoms with Crippen molar-refractivity contribution in [3.8, 4) is 0 Å². The predicted octanol–water partition coefficient (Wildman–Crippen LogP) is 3.04. The van der Waals surface area contributed by atoms with Gasteiger partial charge in [0.15, 0.2) is 0 Å². The maximum Gasteiger partial charge on any atom is 0.244 e. The van der Waals surface area contributed by atoms with Crippen molar-refractivity contribution in [1.82, 2.24) is 5.32 Å². The maximum atomic E-state index is 11.8. The SMILES string of the molecule is CSc1ccc(/C=C/C(=O)NC[C@](C)(O)c2ccco2)cc1. The number of furan rings is 1. The molecule has 2 rings (SSSR count). The molecule has 0 unspecified atom stereocenters. The summed E-state index contributed by atoms with van der Waals surface area (Å²) in [5.74, 6) is 0.158. The second kappa shape index (κ2) is 7.33. The van der Waals surface area contributed by atoms with E-state index in [0.717, 1.165) is 5.56 Å². The minimum Gasteiger partial charge on any atom is -0.466 e. The summed E-state index contributed by atoms with van der Waals surface area (Å²) < 4.78 is 5.16. The van der Waals surface area contributed by atoms with Crippen molar-refractivity contribution in [2.24, 2.45) is 0 Å². The highest BCUT2D eigenvalue weighted by Gasteiger charge is 2.26. The Morgan fingerprint density at radius 2 is 2.09 bits per heavy atom. The van der Waals surface area contributed by atoms with Crippen LogP contribution in [0.4, 0.5) is 0 Å². The van der Waals surface area contributed by atoms with E-state index in [9.17, 15) is 9.90 Å². The molecule has 116 valence electrons. The standard InChI is InChI=1S/C17H19NO3S/c1-17(20,15-4-3-11-21-15)12-18-16(19)10-7-13-5-8-14(22-2)9-6-13/h3-11,20H,12H2,1-2H3,(H,18,19)/b10-7+/t17-/m0/s1. The van der Waals surface area contributed by atoms with Crippen molar-refractivity contribution < 1.29 is 14.3 Å². The van der Waals surface area contributed by atoms with Gasteiger partial charge < -0.3 is 14.8 Å². The topological polar surface area (TPSA) is 62.5 Å². The van der Waals surface area contributed by atoms with E-state index in [2.05, 4.69) is 5.32 Å². The summed E-state index contributed by atoms with van der Waals surface area (Å²) in [5.41, 5.74) is -0.279. The molecular formula is C17H19NO3S. The van der Waals surface area contributed by atoms with E-state index in [1.54, 1.807) is 36.9 Å². The van der Waals surface area contributed by atoms with E-state index in [-0.39, 0.29) is 12.5 Å². The van der Waals surface area contributed by atoms with Gasteiger partial charge in [-0.05, 0) is 49.1 Å². The number of benzene rings is 1. The van der Waals surface area contributed by atoms with Gasteiger partial charge in [0.1, 0.15) is 11.4 Å². The molecule has 0 aliphatic heterocycles. The molecule has 0 saturated heterocycles. The fourth-order valence-electron chi connectivity index (χ4n) is 1.88. The lowest BCUT2D eigenvalue weighted by molar-refractivity contribution is -0.117. The molecule has 1 atom stereocenters. The Morgan fingerprint density at radius 1 is 1.36 bits per heavy atom. The van der Waals surface area contributed by atoms with Crippen molar-refractivity contribution in [2.75, 3.05) is 12.8 Å². The third-order valence-electron chi connectivity index (χ3n) is 3.20. The second-order valence-electron chi connectivity index (χ2n) is 5.08. The molecule has 4 nitrogen and oxygen atoms in total. The van der Waals surface area contributed by atoms with E-state index in [1.807, 2.05) is 30.5 Å². The highest BCUT2D eigenvalue weighted by Crippen LogP contribution is 2.19. The average molecular weight is 317 g/mol. The summed E-state index contributed by atoms with van der Waals surface area (Å²) in [6.45, 7) is 1.67. The number of rotatable bonds is 6. The Morgan fingerprint density at radius 3 is 2.68 bits per heavy atom. The van der Waals surface area contributed by atoms with Gasteiger partial charge in [-0.15, -0.1) is 11.8 Å². The van der Waals surface area contributed by atoms with Crippen molar-refractivity contribution in [1.29, 1.82) is 0 Å². The van der Waals surface area contributed by atoms with Crippen molar-refractivity contribution in [2.45, 2.75) is 17.4 Å². The highest BCUT2D eigenvalue weighted by molar-refractivity contribution is 7.98. The zero-order valence-corrected chi connectivity index (χ0v) is 13.4. The van der Waals surface area contributed by atoms with Gasteiger partial charge >= 0.3 is 0 Å². The van der Waals surface area contributed by atoms with Crippen LogP contribution in [0.2, 0.25) is 0 Å². The highest BCUT2D eigenvalue weighted by atomic mass is 32.2. The molecule has 0 radical (unpaired) electrons. The summed E-state index contributed by atoms with van der Waals surface area (Å²) in [5, 5.41) is 12.9. The summed E-state index contributed by atoms with van der Waals surface area (Å²) in [6, 6.07) is 11.3. The third-order valence-corrected chi connectivity index (χ3v) is 3.95. The van der Waals surface area contributed by atoms with E-state index >= 15 is 0 Å². The number of amides is 1. The molecule has 0 aliphatic carbocycles. The van der Waals surface area contributed by atoms with Gasteiger partial charge in [-0.1, -0.05) is 12.1 Å². The monoisotopic (exact) mass is 317 g/mol. The van der Waals surface area contributed by atoms with Gasteiger partial charge in [-0.2, -0.15) is 0 Å². The van der Waals surface area contributed by atoms with Crippen molar-refractivity contribution >= 4 is 23.7 Å². The minimum atomic E-state index is -1.23. The molecule has 0 bridgehead atoms. The van der Waals surface area contributed by atoms with Gasteiger partial charge in [0.05, 0.1) is 12.8 Å². The molecular weight excluding hydrogens is 298 g/mol. The number of nitrogens with one attached hydrogen (secondary N) is 1. The lowest BCUT2D eigenvalue weighted by Gasteiger charge is -2.20. The third kappa shape index (κ3) is 4.51. The van der Waals surface area contributed by atoms with Crippen LogP contribution in [-0.4, -0.2) is 23.8 Å². The molecule has 1 aromatic heterocycles. The van der Waals surface area contributed by atoms with Crippen molar-refractivity contribution in [3.63, 3.8) is 0 Å². The van der Waals surface area contributed by atoms with Gasteiger partial charge in [0.2, 0.25) is 5.91 Å². The minimum absolute atomic E-state index is 0.0785. The Hall–Kier alpha value is -1.98. The van der Waals surface area contributed by atoms with E-state index in [0.29, 0.717) is 5.76 Å². The summed E-state index contributed by atoms with van der Waals surface area (Å²) in [7, 11) is 0. The first-order valence-corrected chi connectivity index (χ1v) is 8.10. The van der Waals surface area contributed by atoms with Crippen LogP contribution in [0.5, 0.6) is 0 Å². The molecule has 0 spiro atoms. The molecule has 0 saturated carbocycles. The predicted molar refractivity (Wildman–Crippen MR) is 88.5 cm³/mol. The number of hydrogen-bond donors (Lipinski definition) is 2. The first-order valence-electron chi connectivity index (χ1n) is 6.87. The quantitative estimate of drug-likeness (QED) is 0.635. The zero-order chi connectivity index (χ0) is 16.0. The van der Waals surface area contributed by atoms with E-state index < -0.39 is 5.60 Å². The van der Waals surface area contributed by atoms with Gasteiger partial charge in [-0.25, -0.2) is 0 Å². The molecule has 0 fully saturated rings. The van der Waals surface area contributed by atoms with Crippen LogP contribution in [-0.2, 0) is 10.4 Å². The second-order valence-corrected chi connectivity index (χ2v) is 5.96. The molecule has 5 heteroatoms. The van der Waals surface area contributed by atoms with Gasteiger partial charge in [0, 0.05) is 11.0 Å². The summed E-state index contributed by atoms with van der Waals surface area (Å²) >= 11 is 1.67. The van der Waals surface area contributed by atoms with Crippen LogP contribution >= 0.6 is 11.8 Å². The summed E-state index contributed by atoms with van der Waals surface area (Å²) in [6.07, 6.45) is 6.69. The van der Waals surface area contributed by atoms with Crippen LogP contribution in [0.25, 0.3) is 6.08 Å². The molecule has 2 N–H and O–H groups in total. The molecule has 0 aliphatic rings. The van der Waals surface area contributed by atoms with Crippen LogP contribution in [0, 0.1) is 0 Å². The first-order chi connectivity index (χ1) is 10.5. The number of carbonyl (C=O) groups excluding carboxylic acids is 1. The lowest BCUT2D eigenvalue weighted by atomic mass is 10.0.